The number of quaternary nitrogens is 1. The van der Waals surface area contributed by atoms with Crippen LogP contribution in [-0.4, -0.2) is 58.0 Å². The number of piperazine rings is 1. The Kier molecular flexibility index (Phi) is 7.62. The number of nitrogens with zero attached hydrogens (tertiary/aromatic N) is 1. The molecule has 0 bridgehead atoms. The highest BCUT2D eigenvalue weighted by molar-refractivity contribution is 7.99. The van der Waals surface area contributed by atoms with Crippen molar-refractivity contribution in [3.63, 3.8) is 0 Å². The fourth-order valence-corrected chi connectivity index (χ4v) is 4.18. The number of carbonyl (C=O) groups excluding carboxylic acids is 1. The third kappa shape index (κ3) is 5.91. The lowest BCUT2D eigenvalue weighted by atomic mass is 10.2. The summed E-state index contributed by atoms with van der Waals surface area (Å²) in [5.74, 6) is 1.95. The monoisotopic (exact) mass is 400 g/mol. The largest absolute Gasteiger partial charge is 0.495 e. The predicted octanol–water partition coefficient (Wildman–Crippen LogP) is 1.62. The van der Waals surface area contributed by atoms with Gasteiger partial charge in [0.15, 0.2) is 6.54 Å². The van der Waals surface area contributed by atoms with Gasteiger partial charge in [-0.15, -0.1) is 11.8 Å². The van der Waals surface area contributed by atoms with Crippen LogP contribution in [0.2, 0.25) is 0 Å². The predicted molar refractivity (Wildman–Crippen MR) is 116 cm³/mol. The van der Waals surface area contributed by atoms with Crippen LogP contribution >= 0.6 is 11.8 Å². The van der Waals surface area contributed by atoms with E-state index < -0.39 is 0 Å². The Bertz CT molecular complexity index is 759. The van der Waals surface area contributed by atoms with E-state index in [0.29, 0.717) is 13.1 Å². The van der Waals surface area contributed by atoms with E-state index in [2.05, 4.69) is 47.5 Å². The highest BCUT2D eigenvalue weighted by Gasteiger charge is 2.23. The average Bonchev–Trinajstić information content (AvgIpc) is 2.73. The molecule has 3 rings (SSSR count). The number of anilines is 1. The molecule has 0 atom stereocenters. The Morgan fingerprint density at radius 1 is 1.14 bits per heavy atom. The van der Waals surface area contributed by atoms with Crippen molar-refractivity contribution in [2.45, 2.75) is 11.8 Å². The van der Waals surface area contributed by atoms with Gasteiger partial charge in [-0.2, -0.15) is 0 Å². The van der Waals surface area contributed by atoms with Gasteiger partial charge in [0.25, 0.3) is 5.91 Å². The third-order valence-corrected chi connectivity index (χ3v) is 6.03. The number of hydrogen-bond donors (Lipinski definition) is 2. The number of carbonyl (C=O) groups is 1. The van der Waals surface area contributed by atoms with Gasteiger partial charge < -0.3 is 19.9 Å². The molecule has 1 heterocycles. The van der Waals surface area contributed by atoms with E-state index in [0.717, 1.165) is 43.4 Å². The Morgan fingerprint density at radius 2 is 1.86 bits per heavy atom. The smallest absolute Gasteiger partial charge is 0.275 e. The van der Waals surface area contributed by atoms with Gasteiger partial charge in [-0.3, -0.25) is 4.79 Å². The molecule has 1 saturated heterocycles. The molecule has 1 amide bonds. The molecule has 2 aromatic carbocycles. The Labute approximate surface area is 172 Å². The van der Waals surface area contributed by atoms with E-state index >= 15 is 0 Å². The van der Waals surface area contributed by atoms with Crippen LogP contribution in [0.3, 0.4) is 0 Å². The molecule has 0 radical (unpaired) electrons. The molecule has 0 aromatic heterocycles. The summed E-state index contributed by atoms with van der Waals surface area (Å²) < 4.78 is 5.47. The van der Waals surface area contributed by atoms with E-state index in [4.69, 9.17) is 4.74 Å². The normalized spacial score (nSPS) is 14.7. The summed E-state index contributed by atoms with van der Waals surface area (Å²) in [4.78, 5) is 17.2. The quantitative estimate of drug-likeness (QED) is 0.522. The molecule has 0 aliphatic carbocycles. The lowest BCUT2D eigenvalue weighted by Crippen LogP contribution is -3.16. The number of nitrogens with one attached hydrogen (secondary N) is 2. The third-order valence-electron chi connectivity index (χ3n) is 5.02. The average molecular weight is 401 g/mol. The number of ether oxygens (including phenoxy) is 1. The van der Waals surface area contributed by atoms with Gasteiger partial charge in [0.1, 0.15) is 5.75 Å². The van der Waals surface area contributed by atoms with Gasteiger partial charge in [-0.1, -0.05) is 29.8 Å². The maximum Gasteiger partial charge on any atom is 0.275 e. The van der Waals surface area contributed by atoms with Crippen LogP contribution < -0.4 is 19.9 Å². The minimum absolute atomic E-state index is 0.144. The summed E-state index contributed by atoms with van der Waals surface area (Å²) in [5.41, 5.74) is 2.41. The van der Waals surface area contributed by atoms with E-state index in [1.54, 1.807) is 18.9 Å². The first-order chi connectivity index (χ1) is 13.7. The molecule has 150 valence electrons. The van der Waals surface area contributed by atoms with Crippen molar-refractivity contribution < 1.29 is 14.4 Å². The Morgan fingerprint density at radius 3 is 2.57 bits per heavy atom. The molecule has 2 N–H and O–H groups in total. The summed E-state index contributed by atoms with van der Waals surface area (Å²) in [5, 5.41) is 3.06. The first-order valence-electron chi connectivity index (χ1n) is 9.83. The fourth-order valence-electron chi connectivity index (χ4n) is 3.42. The Balaban J connectivity index is 1.35. The summed E-state index contributed by atoms with van der Waals surface area (Å²) in [6.45, 7) is 7.14. The second-order valence-corrected chi connectivity index (χ2v) is 8.27. The second-order valence-electron chi connectivity index (χ2n) is 7.10. The summed E-state index contributed by atoms with van der Waals surface area (Å²) in [7, 11) is 1.71. The van der Waals surface area contributed by atoms with E-state index in [-0.39, 0.29) is 5.91 Å². The van der Waals surface area contributed by atoms with Crippen LogP contribution in [0.25, 0.3) is 0 Å². The van der Waals surface area contributed by atoms with Crippen molar-refractivity contribution in [1.82, 2.24) is 5.32 Å². The van der Waals surface area contributed by atoms with E-state index in [1.165, 1.54) is 15.4 Å². The first kappa shape index (κ1) is 20.6. The molecular weight excluding hydrogens is 370 g/mol. The molecular formula is C22H30N3O2S+. The summed E-state index contributed by atoms with van der Waals surface area (Å²) >= 11 is 1.78. The lowest BCUT2D eigenvalue weighted by molar-refractivity contribution is -0.892. The van der Waals surface area contributed by atoms with Crippen LogP contribution in [0.1, 0.15) is 5.56 Å². The zero-order valence-electron chi connectivity index (χ0n) is 16.7. The lowest BCUT2D eigenvalue weighted by Gasteiger charge is -2.34. The minimum Gasteiger partial charge on any atom is -0.495 e. The molecule has 1 fully saturated rings. The number of benzene rings is 2. The summed E-state index contributed by atoms with van der Waals surface area (Å²) in [6, 6.07) is 16.6. The highest BCUT2D eigenvalue weighted by Crippen LogP contribution is 2.27. The van der Waals surface area contributed by atoms with Crippen molar-refractivity contribution in [3.05, 3.63) is 54.1 Å². The number of thioether (sulfide) groups is 1. The number of hydrogen-bond acceptors (Lipinski definition) is 4. The highest BCUT2D eigenvalue weighted by atomic mass is 32.2. The molecule has 2 aromatic rings. The van der Waals surface area contributed by atoms with Crippen molar-refractivity contribution >= 4 is 23.4 Å². The van der Waals surface area contributed by atoms with Crippen molar-refractivity contribution in [2.24, 2.45) is 0 Å². The molecule has 1 aliphatic heterocycles. The van der Waals surface area contributed by atoms with Crippen molar-refractivity contribution in [1.29, 1.82) is 0 Å². The molecule has 28 heavy (non-hydrogen) atoms. The van der Waals surface area contributed by atoms with Crippen LogP contribution in [0.5, 0.6) is 5.75 Å². The second kappa shape index (κ2) is 10.4. The molecule has 0 saturated carbocycles. The number of amides is 1. The fraction of sp³-hybridized carbons (Fsp3) is 0.409. The maximum atomic E-state index is 12.2. The topological polar surface area (TPSA) is 46.0 Å². The number of aryl methyl sites for hydroxylation is 1. The van der Waals surface area contributed by atoms with Gasteiger partial charge in [0.05, 0.1) is 39.0 Å². The van der Waals surface area contributed by atoms with Crippen molar-refractivity contribution in [2.75, 3.05) is 57.0 Å². The van der Waals surface area contributed by atoms with Gasteiger partial charge in [-0.05, 0) is 31.2 Å². The van der Waals surface area contributed by atoms with Gasteiger partial charge in [0.2, 0.25) is 0 Å². The van der Waals surface area contributed by atoms with E-state index in [9.17, 15) is 4.79 Å². The molecule has 0 spiro atoms. The first-order valence-corrected chi connectivity index (χ1v) is 10.8. The van der Waals surface area contributed by atoms with Crippen LogP contribution in [0, 0.1) is 6.92 Å². The van der Waals surface area contributed by atoms with Gasteiger partial charge >= 0.3 is 0 Å². The standard InChI is InChI=1S/C22H29N3O2S/c1-18-7-9-19(10-8-18)28-16-11-23-22(26)17-24-12-14-25(15-13-24)20-5-3-4-6-21(20)27-2/h3-10H,11-17H2,1-2H3,(H,23,26)/p+1. The Hall–Kier alpha value is -2.18. The zero-order chi connectivity index (χ0) is 19.8. The van der Waals surface area contributed by atoms with Gasteiger partial charge in [0, 0.05) is 17.2 Å². The molecule has 6 heteroatoms. The summed E-state index contributed by atoms with van der Waals surface area (Å²) in [6.07, 6.45) is 0. The maximum absolute atomic E-state index is 12.2. The van der Waals surface area contributed by atoms with Crippen molar-refractivity contribution in [3.8, 4) is 5.75 Å². The van der Waals surface area contributed by atoms with E-state index in [1.807, 2.05) is 18.2 Å². The SMILES string of the molecule is COc1ccccc1N1CC[NH+](CC(=O)NCCSc2ccc(C)cc2)CC1. The number of para-hydroxylation sites is 2. The van der Waals surface area contributed by atoms with Crippen LogP contribution in [-0.2, 0) is 4.79 Å². The van der Waals surface area contributed by atoms with Crippen LogP contribution in [0.15, 0.2) is 53.4 Å². The van der Waals surface area contributed by atoms with Crippen LogP contribution in [0.4, 0.5) is 5.69 Å². The number of rotatable bonds is 8. The molecule has 5 nitrogen and oxygen atoms in total. The minimum atomic E-state index is 0.144. The molecule has 1 aliphatic rings. The zero-order valence-corrected chi connectivity index (χ0v) is 17.6. The molecule has 0 unspecified atom stereocenters. The number of methoxy groups -OCH3 is 1. The van der Waals surface area contributed by atoms with Gasteiger partial charge in [-0.25, -0.2) is 0 Å².